The van der Waals surface area contributed by atoms with E-state index in [1.54, 1.807) is 7.11 Å². The summed E-state index contributed by atoms with van der Waals surface area (Å²) in [5, 5.41) is 6.96. The standard InChI is InChI=1S/C14H30N2O/c1-13(12-15-10-11-17-2)16-9-5-8-14-6-3-4-7-14/h13-16H,3-12H2,1-2H3. The summed E-state index contributed by atoms with van der Waals surface area (Å²) >= 11 is 0. The Bertz CT molecular complexity index is 170. The zero-order chi connectivity index (χ0) is 12.3. The van der Waals surface area contributed by atoms with Crippen LogP contribution in [0.3, 0.4) is 0 Å². The van der Waals surface area contributed by atoms with Gasteiger partial charge in [0.05, 0.1) is 6.61 Å². The second-order valence-corrected chi connectivity index (χ2v) is 5.34. The van der Waals surface area contributed by atoms with Crippen LogP contribution in [0.1, 0.15) is 45.4 Å². The molecule has 0 aromatic rings. The van der Waals surface area contributed by atoms with Gasteiger partial charge in [0.1, 0.15) is 0 Å². The van der Waals surface area contributed by atoms with Crippen molar-refractivity contribution in [2.24, 2.45) is 5.92 Å². The molecule has 1 saturated carbocycles. The molecule has 102 valence electrons. The van der Waals surface area contributed by atoms with Crippen molar-refractivity contribution in [1.82, 2.24) is 10.6 Å². The van der Waals surface area contributed by atoms with Crippen molar-refractivity contribution < 1.29 is 4.74 Å². The molecule has 1 aliphatic carbocycles. The van der Waals surface area contributed by atoms with Crippen molar-refractivity contribution in [3.8, 4) is 0 Å². The third-order valence-corrected chi connectivity index (χ3v) is 3.69. The highest BCUT2D eigenvalue weighted by Gasteiger charge is 2.13. The van der Waals surface area contributed by atoms with Crippen LogP contribution in [0.2, 0.25) is 0 Å². The fourth-order valence-electron chi connectivity index (χ4n) is 2.60. The molecule has 1 atom stereocenters. The lowest BCUT2D eigenvalue weighted by Crippen LogP contribution is -2.37. The van der Waals surface area contributed by atoms with Gasteiger partial charge in [0.2, 0.25) is 0 Å². The molecule has 0 heterocycles. The molecule has 17 heavy (non-hydrogen) atoms. The summed E-state index contributed by atoms with van der Waals surface area (Å²) in [6.07, 6.45) is 8.67. The maximum atomic E-state index is 5.00. The minimum atomic E-state index is 0.565. The smallest absolute Gasteiger partial charge is 0.0587 e. The van der Waals surface area contributed by atoms with Crippen LogP contribution >= 0.6 is 0 Å². The summed E-state index contributed by atoms with van der Waals surface area (Å²) < 4.78 is 5.00. The van der Waals surface area contributed by atoms with Crippen molar-refractivity contribution in [3.05, 3.63) is 0 Å². The fraction of sp³-hybridized carbons (Fsp3) is 1.00. The first-order valence-electron chi connectivity index (χ1n) is 7.26. The number of rotatable bonds is 10. The van der Waals surface area contributed by atoms with E-state index in [-0.39, 0.29) is 0 Å². The third kappa shape index (κ3) is 7.74. The summed E-state index contributed by atoms with van der Waals surface area (Å²) in [7, 11) is 1.74. The zero-order valence-electron chi connectivity index (χ0n) is 11.6. The van der Waals surface area contributed by atoms with Crippen LogP contribution in [0.25, 0.3) is 0 Å². The highest BCUT2D eigenvalue weighted by molar-refractivity contribution is 4.69. The van der Waals surface area contributed by atoms with Gasteiger partial charge in [-0.25, -0.2) is 0 Å². The summed E-state index contributed by atoms with van der Waals surface area (Å²) in [6.45, 7) is 6.20. The lowest BCUT2D eigenvalue weighted by Gasteiger charge is -2.15. The molecule has 1 aliphatic rings. The van der Waals surface area contributed by atoms with Crippen LogP contribution in [0.5, 0.6) is 0 Å². The Labute approximate surface area is 107 Å². The number of ether oxygens (including phenoxy) is 1. The van der Waals surface area contributed by atoms with E-state index in [1.807, 2.05) is 0 Å². The normalized spacial score (nSPS) is 18.7. The largest absolute Gasteiger partial charge is 0.383 e. The average molecular weight is 242 g/mol. The number of methoxy groups -OCH3 is 1. The van der Waals surface area contributed by atoms with Gasteiger partial charge in [-0.1, -0.05) is 25.7 Å². The van der Waals surface area contributed by atoms with Gasteiger partial charge >= 0.3 is 0 Å². The molecule has 0 aromatic heterocycles. The lowest BCUT2D eigenvalue weighted by molar-refractivity contribution is 0.198. The van der Waals surface area contributed by atoms with Crippen LogP contribution in [-0.4, -0.2) is 39.4 Å². The minimum absolute atomic E-state index is 0.565. The van der Waals surface area contributed by atoms with Crippen LogP contribution < -0.4 is 10.6 Å². The molecule has 0 aromatic carbocycles. The average Bonchev–Trinajstić information content (AvgIpc) is 2.83. The van der Waals surface area contributed by atoms with E-state index in [0.717, 1.165) is 25.6 Å². The molecule has 3 nitrogen and oxygen atoms in total. The highest BCUT2D eigenvalue weighted by atomic mass is 16.5. The van der Waals surface area contributed by atoms with E-state index in [1.165, 1.54) is 45.1 Å². The topological polar surface area (TPSA) is 33.3 Å². The van der Waals surface area contributed by atoms with Crippen molar-refractivity contribution in [2.75, 3.05) is 33.4 Å². The van der Waals surface area contributed by atoms with Gasteiger partial charge in [-0.2, -0.15) is 0 Å². The Hall–Kier alpha value is -0.120. The van der Waals surface area contributed by atoms with Gasteiger partial charge in [-0.05, 0) is 32.2 Å². The van der Waals surface area contributed by atoms with E-state index in [2.05, 4.69) is 17.6 Å². The van der Waals surface area contributed by atoms with Crippen molar-refractivity contribution in [1.29, 1.82) is 0 Å². The lowest BCUT2D eigenvalue weighted by atomic mass is 10.0. The second kappa shape index (κ2) is 9.86. The Balaban J connectivity index is 1.84. The maximum Gasteiger partial charge on any atom is 0.0587 e. The Morgan fingerprint density at radius 2 is 2.00 bits per heavy atom. The fourth-order valence-corrected chi connectivity index (χ4v) is 2.60. The van der Waals surface area contributed by atoms with Gasteiger partial charge in [0.15, 0.2) is 0 Å². The molecular formula is C14H30N2O. The molecule has 0 amide bonds. The molecular weight excluding hydrogens is 212 g/mol. The third-order valence-electron chi connectivity index (χ3n) is 3.69. The predicted octanol–water partition coefficient (Wildman–Crippen LogP) is 2.17. The zero-order valence-corrected chi connectivity index (χ0v) is 11.6. The molecule has 3 heteroatoms. The summed E-state index contributed by atoms with van der Waals surface area (Å²) in [4.78, 5) is 0. The van der Waals surface area contributed by atoms with E-state index >= 15 is 0 Å². The molecule has 0 spiro atoms. The van der Waals surface area contributed by atoms with Gasteiger partial charge in [0, 0.05) is 26.2 Å². The molecule has 0 radical (unpaired) electrons. The molecule has 0 aliphatic heterocycles. The monoisotopic (exact) mass is 242 g/mol. The predicted molar refractivity (Wildman–Crippen MR) is 73.4 cm³/mol. The van der Waals surface area contributed by atoms with Crippen LogP contribution in [0.4, 0.5) is 0 Å². The van der Waals surface area contributed by atoms with Gasteiger partial charge < -0.3 is 15.4 Å². The number of hydrogen-bond donors (Lipinski definition) is 2. The first-order valence-corrected chi connectivity index (χ1v) is 7.26. The molecule has 0 saturated heterocycles. The van der Waals surface area contributed by atoms with E-state index in [9.17, 15) is 0 Å². The number of nitrogens with one attached hydrogen (secondary N) is 2. The Morgan fingerprint density at radius 1 is 1.24 bits per heavy atom. The van der Waals surface area contributed by atoms with Crippen LogP contribution in [0, 0.1) is 5.92 Å². The summed E-state index contributed by atoms with van der Waals surface area (Å²) in [5.41, 5.74) is 0. The van der Waals surface area contributed by atoms with Crippen LogP contribution in [0.15, 0.2) is 0 Å². The molecule has 1 rings (SSSR count). The summed E-state index contributed by atoms with van der Waals surface area (Å²) in [6, 6.07) is 0.565. The second-order valence-electron chi connectivity index (χ2n) is 5.34. The molecule has 0 bridgehead atoms. The van der Waals surface area contributed by atoms with Crippen molar-refractivity contribution in [3.63, 3.8) is 0 Å². The van der Waals surface area contributed by atoms with Gasteiger partial charge in [-0.15, -0.1) is 0 Å². The quantitative estimate of drug-likeness (QED) is 0.576. The molecule has 2 N–H and O–H groups in total. The summed E-state index contributed by atoms with van der Waals surface area (Å²) in [5.74, 6) is 1.03. The minimum Gasteiger partial charge on any atom is -0.383 e. The Kier molecular flexibility index (Phi) is 8.67. The first-order chi connectivity index (χ1) is 8.33. The molecule has 1 fully saturated rings. The Morgan fingerprint density at radius 3 is 2.71 bits per heavy atom. The maximum absolute atomic E-state index is 5.00. The van der Waals surface area contributed by atoms with E-state index in [4.69, 9.17) is 4.74 Å². The number of hydrogen-bond acceptors (Lipinski definition) is 3. The van der Waals surface area contributed by atoms with Crippen molar-refractivity contribution in [2.45, 2.75) is 51.5 Å². The van der Waals surface area contributed by atoms with Crippen LogP contribution in [-0.2, 0) is 4.74 Å². The van der Waals surface area contributed by atoms with E-state index < -0.39 is 0 Å². The first kappa shape index (κ1) is 14.9. The van der Waals surface area contributed by atoms with Gasteiger partial charge in [-0.3, -0.25) is 0 Å². The highest BCUT2D eigenvalue weighted by Crippen LogP contribution is 2.28. The van der Waals surface area contributed by atoms with Gasteiger partial charge in [0.25, 0.3) is 0 Å². The van der Waals surface area contributed by atoms with E-state index in [0.29, 0.717) is 6.04 Å². The molecule has 1 unspecified atom stereocenters. The van der Waals surface area contributed by atoms with Crippen molar-refractivity contribution >= 4 is 0 Å². The SMILES string of the molecule is COCCNCC(C)NCCCC1CCCC1.